The molecule has 0 aliphatic rings. The fraction of sp³-hybridized carbons (Fsp3) is 0.167. The normalized spacial score (nSPS) is 10.8. The van der Waals surface area contributed by atoms with Gasteiger partial charge in [-0.05, 0) is 30.3 Å². The summed E-state index contributed by atoms with van der Waals surface area (Å²) in [4.78, 5) is 39.4. The number of amides is 1. The third kappa shape index (κ3) is 3.36. The first-order valence-corrected chi connectivity index (χ1v) is 7.72. The van der Waals surface area contributed by atoms with E-state index in [1.54, 1.807) is 43.6 Å². The zero-order valence-corrected chi connectivity index (χ0v) is 13.6. The van der Waals surface area contributed by atoms with Crippen LogP contribution < -0.4 is 16.4 Å². The molecule has 0 unspecified atom stereocenters. The van der Waals surface area contributed by atoms with E-state index in [2.05, 4.69) is 10.3 Å². The minimum Gasteiger partial charge on any atom is -0.383 e. The van der Waals surface area contributed by atoms with E-state index in [-0.39, 0.29) is 11.1 Å². The minimum absolute atomic E-state index is 0.0282. The minimum atomic E-state index is -0.524. The summed E-state index contributed by atoms with van der Waals surface area (Å²) in [7, 11) is 1.55. The monoisotopic (exact) mass is 339 g/mol. The summed E-state index contributed by atoms with van der Waals surface area (Å²) < 4.78 is 6.39. The van der Waals surface area contributed by atoms with Crippen LogP contribution in [0, 0.1) is 0 Å². The Labute approximate surface area is 142 Å². The third-order valence-electron chi connectivity index (χ3n) is 3.86. The molecule has 0 aliphatic heterocycles. The summed E-state index contributed by atoms with van der Waals surface area (Å²) in [5.41, 5.74) is -0.133. The third-order valence-corrected chi connectivity index (χ3v) is 3.86. The summed E-state index contributed by atoms with van der Waals surface area (Å²) in [6.07, 6.45) is 3.12. The SMILES string of the molecule is COCCn1cccc(C(=O)Nc2cccc3c(=O)[nH]ccc23)c1=O. The van der Waals surface area contributed by atoms with Gasteiger partial charge in [0, 0.05) is 42.5 Å². The summed E-state index contributed by atoms with van der Waals surface area (Å²) >= 11 is 0. The molecular weight excluding hydrogens is 322 g/mol. The maximum Gasteiger partial charge on any atom is 0.263 e. The zero-order valence-electron chi connectivity index (χ0n) is 13.6. The van der Waals surface area contributed by atoms with Crippen molar-refractivity contribution < 1.29 is 9.53 Å². The van der Waals surface area contributed by atoms with E-state index in [0.717, 1.165) is 0 Å². The number of ether oxygens (including phenoxy) is 1. The van der Waals surface area contributed by atoms with Crippen LogP contribution in [-0.4, -0.2) is 29.2 Å². The fourth-order valence-corrected chi connectivity index (χ4v) is 2.60. The van der Waals surface area contributed by atoms with Gasteiger partial charge < -0.3 is 19.6 Å². The molecule has 0 radical (unpaired) electrons. The Kier molecular flexibility index (Phi) is 4.76. The van der Waals surface area contributed by atoms with Crippen LogP contribution in [0.1, 0.15) is 10.4 Å². The predicted octanol–water partition coefficient (Wildman–Crippen LogP) is 1.59. The number of fused-ring (bicyclic) bond motifs is 1. The number of carbonyl (C=O) groups excluding carboxylic acids is 1. The van der Waals surface area contributed by atoms with Crippen LogP contribution in [0.5, 0.6) is 0 Å². The van der Waals surface area contributed by atoms with Crippen molar-refractivity contribution in [2.24, 2.45) is 0 Å². The highest BCUT2D eigenvalue weighted by Gasteiger charge is 2.14. The number of nitrogens with zero attached hydrogens (tertiary/aromatic N) is 1. The second kappa shape index (κ2) is 7.14. The number of rotatable bonds is 5. The molecule has 0 saturated carbocycles. The van der Waals surface area contributed by atoms with E-state index in [4.69, 9.17) is 4.74 Å². The van der Waals surface area contributed by atoms with Crippen LogP contribution >= 0.6 is 0 Å². The van der Waals surface area contributed by atoms with Gasteiger partial charge in [0.25, 0.3) is 17.0 Å². The number of hydrogen-bond donors (Lipinski definition) is 2. The van der Waals surface area contributed by atoms with Gasteiger partial charge >= 0.3 is 0 Å². The molecule has 0 aliphatic carbocycles. The highest BCUT2D eigenvalue weighted by molar-refractivity contribution is 6.08. The molecule has 1 amide bonds. The van der Waals surface area contributed by atoms with E-state index in [1.165, 1.54) is 16.8 Å². The Bertz CT molecular complexity index is 1040. The van der Waals surface area contributed by atoms with Crippen LogP contribution in [0.2, 0.25) is 0 Å². The molecule has 1 aromatic carbocycles. The predicted molar refractivity (Wildman–Crippen MR) is 95.1 cm³/mol. The lowest BCUT2D eigenvalue weighted by atomic mass is 10.1. The van der Waals surface area contributed by atoms with Gasteiger partial charge in [-0.25, -0.2) is 0 Å². The number of methoxy groups -OCH3 is 1. The highest BCUT2D eigenvalue weighted by atomic mass is 16.5. The summed E-state index contributed by atoms with van der Waals surface area (Å²) in [5.74, 6) is -0.524. The second-order valence-corrected chi connectivity index (χ2v) is 5.44. The molecule has 0 bridgehead atoms. The van der Waals surface area contributed by atoms with Crippen molar-refractivity contribution in [3.05, 3.63) is 75.1 Å². The van der Waals surface area contributed by atoms with Crippen molar-refractivity contribution in [1.82, 2.24) is 9.55 Å². The van der Waals surface area contributed by atoms with Crippen molar-refractivity contribution >= 4 is 22.4 Å². The molecule has 7 nitrogen and oxygen atoms in total. The lowest BCUT2D eigenvalue weighted by Crippen LogP contribution is -2.29. The van der Waals surface area contributed by atoms with Gasteiger partial charge in [-0.3, -0.25) is 14.4 Å². The average molecular weight is 339 g/mol. The topological polar surface area (TPSA) is 93.2 Å². The molecule has 0 fully saturated rings. The highest BCUT2D eigenvalue weighted by Crippen LogP contribution is 2.20. The van der Waals surface area contributed by atoms with E-state index in [1.807, 2.05) is 0 Å². The second-order valence-electron chi connectivity index (χ2n) is 5.44. The van der Waals surface area contributed by atoms with Gasteiger partial charge in [0.2, 0.25) is 0 Å². The lowest BCUT2D eigenvalue weighted by molar-refractivity contribution is 0.102. The molecule has 7 heteroatoms. The number of aromatic amines is 1. The quantitative estimate of drug-likeness (QED) is 0.738. The number of benzene rings is 1. The summed E-state index contributed by atoms with van der Waals surface area (Å²) in [6.45, 7) is 0.733. The molecule has 0 saturated heterocycles. The zero-order chi connectivity index (χ0) is 17.8. The standard InChI is InChI=1S/C18H17N3O4/c1-25-11-10-21-9-3-5-14(18(21)24)17(23)20-15-6-2-4-13-12(15)7-8-19-16(13)22/h2-9H,10-11H2,1H3,(H,19,22)(H,20,23). The number of anilines is 1. The molecule has 0 spiro atoms. The van der Waals surface area contributed by atoms with Crippen molar-refractivity contribution in [3.8, 4) is 0 Å². The van der Waals surface area contributed by atoms with Crippen LogP contribution in [0.25, 0.3) is 10.8 Å². The molecular formula is C18H17N3O4. The van der Waals surface area contributed by atoms with E-state index in [0.29, 0.717) is 29.6 Å². The maximum absolute atomic E-state index is 12.5. The summed E-state index contributed by atoms with van der Waals surface area (Å²) in [5, 5.41) is 3.79. The number of hydrogen-bond acceptors (Lipinski definition) is 4. The Balaban J connectivity index is 1.95. The van der Waals surface area contributed by atoms with Gasteiger partial charge in [-0.15, -0.1) is 0 Å². The van der Waals surface area contributed by atoms with Crippen molar-refractivity contribution in [3.63, 3.8) is 0 Å². The van der Waals surface area contributed by atoms with Gasteiger partial charge in [0.1, 0.15) is 5.56 Å². The molecule has 2 aromatic heterocycles. The van der Waals surface area contributed by atoms with E-state index in [9.17, 15) is 14.4 Å². The van der Waals surface area contributed by atoms with E-state index < -0.39 is 11.5 Å². The van der Waals surface area contributed by atoms with Crippen LogP contribution in [0.3, 0.4) is 0 Å². The number of carbonyl (C=O) groups is 1. The Morgan fingerprint density at radius 1 is 1.16 bits per heavy atom. The molecule has 128 valence electrons. The average Bonchev–Trinajstić information content (AvgIpc) is 2.61. The first kappa shape index (κ1) is 16.7. The Morgan fingerprint density at radius 2 is 2.00 bits per heavy atom. The first-order chi connectivity index (χ1) is 12.1. The largest absolute Gasteiger partial charge is 0.383 e. The van der Waals surface area contributed by atoms with Crippen LogP contribution in [0.4, 0.5) is 5.69 Å². The first-order valence-electron chi connectivity index (χ1n) is 7.72. The van der Waals surface area contributed by atoms with Crippen LogP contribution in [-0.2, 0) is 11.3 Å². The fourth-order valence-electron chi connectivity index (χ4n) is 2.60. The smallest absolute Gasteiger partial charge is 0.263 e. The molecule has 3 rings (SSSR count). The Morgan fingerprint density at radius 3 is 2.80 bits per heavy atom. The van der Waals surface area contributed by atoms with Gasteiger partial charge in [-0.2, -0.15) is 0 Å². The van der Waals surface area contributed by atoms with E-state index >= 15 is 0 Å². The number of aromatic nitrogens is 2. The number of nitrogens with one attached hydrogen (secondary N) is 2. The molecule has 2 N–H and O–H groups in total. The number of pyridine rings is 2. The molecule has 2 heterocycles. The number of H-pyrrole nitrogens is 1. The van der Waals surface area contributed by atoms with Gasteiger partial charge in [-0.1, -0.05) is 6.07 Å². The van der Waals surface area contributed by atoms with Crippen molar-refractivity contribution in [2.75, 3.05) is 19.0 Å². The molecule has 25 heavy (non-hydrogen) atoms. The molecule has 3 aromatic rings. The van der Waals surface area contributed by atoms with Crippen molar-refractivity contribution in [1.29, 1.82) is 0 Å². The lowest BCUT2D eigenvalue weighted by Gasteiger charge is -2.10. The summed E-state index contributed by atoms with van der Waals surface area (Å²) in [6, 6.07) is 9.85. The maximum atomic E-state index is 12.5. The van der Waals surface area contributed by atoms with Gasteiger partial charge in [0.05, 0.1) is 6.61 Å². The van der Waals surface area contributed by atoms with Gasteiger partial charge in [0.15, 0.2) is 0 Å². The van der Waals surface area contributed by atoms with Crippen molar-refractivity contribution in [2.45, 2.75) is 6.54 Å². The Hall–Kier alpha value is -3.19. The molecule has 0 atom stereocenters. The van der Waals surface area contributed by atoms with Crippen LogP contribution in [0.15, 0.2) is 58.4 Å².